The van der Waals surface area contributed by atoms with E-state index in [1.165, 1.54) is 10.8 Å². The second kappa shape index (κ2) is 5.86. The Balaban J connectivity index is 2.18. The Labute approximate surface area is 139 Å². The van der Waals surface area contributed by atoms with Gasteiger partial charge in [0.1, 0.15) is 6.33 Å². The van der Waals surface area contributed by atoms with Crippen LogP contribution in [0.25, 0.3) is 17.0 Å². The van der Waals surface area contributed by atoms with Crippen LogP contribution >= 0.6 is 0 Å². The first kappa shape index (κ1) is 16.4. The van der Waals surface area contributed by atoms with Crippen molar-refractivity contribution in [3.63, 3.8) is 0 Å². The number of methoxy groups -OCH3 is 1. The van der Waals surface area contributed by atoms with E-state index >= 15 is 0 Å². The van der Waals surface area contributed by atoms with Gasteiger partial charge >= 0.3 is 0 Å². The topological polar surface area (TPSA) is 90.1 Å². The second-order valence-corrected chi connectivity index (χ2v) is 6.79. The van der Waals surface area contributed by atoms with Gasteiger partial charge < -0.3 is 9.72 Å². The lowest BCUT2D eigenvalue weighted by Crippen LogP contribution is -2.31. The fraction of sp³-hybridized carbons (Fsp3) is 0.500. The zero-order valence-electron chi connectivity index (χ0n) is 14.6. The van der Waals surface area contributed by atoms with E-state index in [2.05, 4.69) is 20.2 Å². The lowest BCUT2D eigenvalue weighted by atomic mass is 10.00. The molecule has 0 spiro atoms. The highest BCUT2D eigenvalue weighted by Gasteiger charge is 2.23. The summed E-state index contributed by atoms with van der Waals surface area (Å²) in [6.45, 7) is 8.58. The Morgan fingerprint density at radius 3 is 2.75 bits per heavy atom. The summed E-state index contributed by atoms with van der Waals surface area (Å²) in [6.07, 6.45) is 5.04. The van der Waals surface area contributed by atoms with E-state index in [-0.39, 0.29) is 17.0 Å². The second-order valence-electron chi connectivity index (χ2n) is 6.79. The van der Waals surface area contributed by atoms with E-state index < -0.39 is 0 Å². The fourth-order valence-corrected chi connectivity index (χ4v) is 2.84. The highest BCUT2D eigenvalue weighted by Crippen LogP contribution is 2.26. The van der Waals surface area contributed by atoms with Gasteiger partial charge in [0.05, 0.1) is 24.0 Å². The molecule has 3 rings (SSSR count). The van der Waals surface area contributed by atoms with Gasteiger partial charge in [0.25, 0.3) is 5.56 Å². The van der Waals surface area contributed by atoms with Crippen molar-refractivity contribution in [3.05, 3.63) is 34.6 Å². The number of fused-ring (bicyclic) bond motifs is 1. The molecule has 128 valence electrons. The summed E-state index contributed by atoms with van der Waals surface area (Å²) in [5, 5.41) is 8.44. The van der Waals surface area contributed by atoms with Crippen LogP contribution in [0.2, 0.25) is 0 Å². The summed E-state index contributed by atoms with van der Waals surface area (Å²) in [5.41, 5.74) is 1.79. The molecule has 0 bridgehead atoms. The molecule has 0 aliphatic heterocycles. The summed E-state index contributed by atoms with van der Waals surface area (Å²) >= 11 is 0. The Morgan fingerprint density at radius 2 is 2.08 bits per heavy atom. The molecule has 3 heterocycles. The zero-order chi connectivity index (χ0) is 17.5. The number of aromatic amines is 1. The predicted octanol–water partition coefficient (Wildman–Crippen LogP) is 1.79. The maximum atomic E-state index is 12.7. The lowest BCUT2D eigenvalue weighted by Gasteiger charge is -2.24. The third-order valence-corrected chi connectivity index (χ3v) is 4.04. The van der Waals surface area contributed by atoms with E-state index in [0.717, 1.165) is 11.3 Å². The summed E-state index contributed by atoms with van der Waals surface area (Å²) < 4.78 is 8.40. The molecule has 0 aromatic carbocycles. The number of nitrogens with zero attached hydrogens (tertiary/aromatic N) is 5. The molecule has 0 unspecified atom stereocenters. The minimum Gasteiger partial charge on any atom is -0.382 e. The van der Waals surface area contributed by atoms with Gasteiger partial charge in [0.15, 0.2) is 0 Å². The molecule has 3 aromatic rings. The highest BCUT2D eigenvalue weighted by atomic mass is 16.5. The smallest absolute Gasteiger partial charge is 0.279 e. The minimum absolute atomic E-state index is 0.0349. The van der Waals surface area contributed by atoms with Gasteiger partial charge in [0.2, 0.25) is 5.78 Å². The molecule has 0 fully saturated rings. The molecule has 0 saturated carbocycles. The van der Waals surface area contributed by atoms with Crippen molar-refractivity contribution in [1.29, 1.82) is 0 Å². The Hall–Kier alpha value is -2.48. The number of nitrogens with one attached hydrogen (secondary N) is 1. The van der Waals surface area contributed by atoms with Gasteiger partial charge in [-0.2, -0.15) is 19.7 Å². The fourth-order valence-electron chi connectivity index (χ4n) is 2.84. The van der Waals surface area contributed by atoms with Crippen molar-refractivity contribution < 1.29 is 4.74 Å². The van der Waals surface area contributed by atoms with Gasteiger partial charge in [-0.15, -0.1) is 0 Å². The SMILES string of the molecule is COCC(C)(C)n1cc(-c2[nH]c3ncnn3c(=O)c2C(C)C)cn1. The molecule has 24 heavy (non-hydrogen) atoms. The molecule has 0 saturated heterocycles. The van der Waals surface area contributed by atoms with Gasteiger partial charge in [-0.3, -0.25) is 9.48 Å². The first-order valence-electron chi connectivity index (χ1n) is 7.85. The molecule has 0 amide bonds. The van der Waals surface area contributed by atoms with Gasteiger partial charge in [0, 0.05) is 24.4 Å². The maximum absolute atomic E-state index is 12.7. The lowest BCUT2D eigenvalue weighted by molar-refractivity contribution is 0.101. The maximum Gasteiger partial charge on any atom is 0.279 e. The Bertz CT molecular complexity index is 918. The third-order valence-electron chi connectivity index (χ3n) is 4.04. The van der Waals surface area contributed by atoms with Crippen LogP contribution in [0, 0.1) is 0 Å². The minimum atomic E-state index is -0.287. The molecule has 8 heteroatoms. The summed E-state index contributed by atoms with van der Waals surface area (Å²) in [7, 11) is 1.67. The van der Waals surface area contributed by atoms with Crippen LogP contribution in [0.3, 0.4) is 0 Å². The van der Waals surface area contributed by atoms with Crippen LogP contribution in [-0.4, -0.2) is 43.1 Å². The van der Waals surface area contributed by atoms with Crippen LogP contribution < -0.4 is 5.56 Å². The Morgan fingerprint density at radius 1 is 1.33 bits per heavy atom. The van der Waals surface area contributed by atoms with Gasteiger partial charge in [-0.25, -0.2) is 0 Å². The summed E-state index contributed by atoms with van der Waals surface area (Å²) in [4.78, 5) is 20.0. The van der Waals surface area contributed by atoms with Gasteiger partial charge in [-0.1, -0.05) is 13.8 Å². The largest absolute Gasteiger partial charge is 0.382 e. The molecule has 8 nitrogen and oxygen atoms in total. The van der Waals surface area contributed by atoms with Crippen LogP contribution in [-0.2, 0) is 10.3 Å². The molecule has 0 aliphatic rings. The van der Waals surface area contributed by atoms with Crippen molar-refractivity contribution in [2.45, 2.75) is 39.2 Å². The summed E-state index contributed by atoms with van der Waals surface area (Å²) in [5.74, 6) is 0.455. The van der Waals surface area contributed by atoms with E-state index in [9.17, 15) is 4.79 Å². The van der Waals surface area contributed by atoms with E-state index in [0.29, 0.717) is 17.9 Å². The van der Waals surface area contributed by atoms with Crippen LogP contribution in [0.1, 0.15) is 39.2 Å². The quantitative estimate of drug-likeness (QED) is 0.770. The van der Waals surface area contributed by atoms with Crippen molar-refractivity contribution in [3.8, 4) is 11.3 Å². The number of aromatic nitrogens is 6. The van der Waals surface area contributed by atoms with Crippen molar-refractivity contribution >= 4 is 5.78 Å². The monoisotopic (exact) mass is 330 g/mol. The number of hydrogen-bond acceptors (Lipinski definition) is 5. The van der Waals surface area contributed by atoms with Crippen LogP contribution in [0.15, 0.2) is 23.5 Å². The van der Waals surface area contributed by atoms with E-state index in [4.69, 9.17) is 4.74 Å². The van der Waals surface area contributed by atoms with Crippen molar-refractivity contribution in [1.82, 2.24) is 29.4 Å². The number of rotatable bonds is 5. The molecule has 1 N–H and O–H groups in total. The normalized spacial score (nSPS) is 12.4. The van der Waals surface area contributed by atoms with Crippen LogP contribution in [0.5, 0.6) is 0 Å². The highest BCUT2D eigenvalue weighted by molar-refractivity contribution is 5.63. The van der Waals surface area contributed by atoms with Gasteiger partial charge in [-0.05, 0) is 19.8 Å². The number of H-pyrrole nitrogens is 1. The molecular weight excluding hydrogens is 308 g/mol. The van der Waals surface area contributed by atoms with Crippen molar-refractivity contribution in [2.75, 3.05) is 13.7 Å². The molecular formula is C16H22N6O2. The third kappa shape index (κ3) is 2.62. The predicted molar refractivity (Wildman–Crippen MR) is 90.1 cm³/mol. The molecule has 0 radical (unpaired) electrons. The van der Waals surface area contributed by atoms with E-state index in [1.807, 2.05) is 38.6 Å². The molecule has 0 aliphatic carbocycles. The average Bonchev–Trinajstić information content (AvgIpc) is 3.16. The number of hydrogen-bond donors (Lipinski definition) is 1. The summed E-state index contributed by atoms with van der Waals surface area (Å²) in [6, 6.07) is 0. The standard InChI is InChI=1S/C16H22N6O2/c1-10(2)12-13(20-15-17-9-19-22(15)14(12)23)11-6-18-21(7-11)16(3,4)8-24-5/h6-7,9-10H,8H2,1-5H3,(H,17,19,20). The van der Waals surface area contributed by atoms with Crippen molar-refractivity contribution in [2.24, 2.45) is 0 Å². The van der Waals surface area contributed by atoms with E-state index in [1.54, 1.807) is 13.3 Å². The van der Waals surface area contributed by atoms with Crippen LogP contribution in [0.4, 0.5) is 0 Å². The molecule has 0 atom stereocenters. The average molecular weight is 330 g/mol. The number of ether oxygens (including phenoxy) is 1. The zero-order valence-corrected chi connectivity index (χ0v) is 14.6. The Kier molecular flexibility index (Phi) is 4.00. The first-order valence-corrected chi connectivity index (χ1v) is 7.85. The molecule has 3 aromatic heterocycles. The first-order chi connectivity index (χ1) is 11.3.